The largest absolute Gasteiger partial charge is 0.493 e. The van der Waals surface area contributed by atoms with E-state index in [4.69, 9.17) is 9.47 Å². The molecule has 3 aromatic rings. The molecule has 1 amide bonds. The Morgan fingerprint density at radius 3 is 2.34 bits per heavy atom. The number of carbonyl (C=O) groups is 1. The Morgan fingerprint density at radius 2 is 1.69 bits per heavy atom. The fourth-order valence-electron chi connectivity index (χ4n) is 4.02. The number of nitrogens with zero attached hydrogens (tertiary/aromatic N) is 3. The molecule has 0 radical (unpaired) electrons. The van der Waals surface area contributed by atoms with Gasteiger partial charge in [0.1, 0.15) is 18.2 Å². The van der Waals surface area contributed by atoms with Crippen LogP contribution < -0.4 is 14.4 Å². The van der Waals surface area contributed by atoms with Gasteiger partial charge >= 0.3 is 0 Å². The van der Waals surface area contributed by atoms with Gasteiger partial charge in [0.2, 0.25) is 0 Å². The Morgan fingerprint density at radius 1 is 0.971 bits per heavy atom. The molecule has 0 aliphatic carbocycles. The summed E-state index contributed by atoms with van der Waals surface area (Å²) < 4.78 is 11.4. The van der Waals surface area contributed by atoms with E-state index in [-0.39, 0.29) is 11.5 Å². The van der Waals surface area contributed by atoms with Crippen molar-refractivity contribution >= 4 is 17.7 Å². The van der Waals surface area contributed by atoms with Crippen LogP contribution in [0.25, 0.3) is 6.08 Å². The first-order valence-electron chi connectivity index (χ1n) is 11.6. The number of aryl methyl sites for hydroxylation is 1. The van der Waals surface area contributed by atoms with E-state index in [1.807, 2.05) is 55.5 Å². The molecule has 0 unspecified atom stereocenters. The molecule has 0 bridgehead atoms. The lowest BCUT2D eigenvalue weighted by Crippen LogP contribution is -2.49. The average Bonchev–Trinajstić information content (AvgIpc) is 2.92. The monoisotopic (exact) mass is 467 g/mol. The van der Waals surface area contributed by atoms with Crippen molar-refractivity contribution in [3.63, 3.8) is 0 Å². The number of benzene rings is 3. The van der Waals surface area contributed by atoms with Gasteiger partial charge in [-0.25, -0.2) is 0 Å². The number of ether oxygens (including phenoxy) is 2. The molecule has 1 aliphatic heterocycles. The molecule has 1 heterocycles. The average molecular weight is 468 g/mol. The van der Waals surface area contributed by atoms with E-state index in [0.717, 1.165) is 24.3 Å². The molecule has 1 saturated heterocycles. The molecule has 1 aliphatic rings. The highest BCUT2D eigenvalue weighted by molar-refractivity contribution is 6.01. The first-order chi connectivity index (χ1) is 17.1. The molecule has 0 spiro atoms. The molecule has 6 heteroatoms. The molecule has 6 nitrogen and oxygen atoms in total. The van der Waals surface area contributed by atoms with Crippen LogP contribution in [-0.2, 0) is 11.4 Å². The van der Waals surface area contributed by atoms with Crippen LogP contribution in [0.15, 0.2) is 78.4 Å². The first-order valence-corrected chi connectivity index (χ1v) is 11.6. The van der Waals surface area contributed by atoms with Crippen LogP contribution in [0.1, 0.15) is 16.7 Å². The number of carbonyl (C=O) groups excluding carboxylic acids is 1. The summed E-state index contributed by atoms with van der Waals surface area (Å²) in [5.74, 6) is 0.901. The molecule has 0 N–H and O–H groups in total. The lowest BCUT2D eigenvalue weighted by Gasteiger charge is -2.36. The first kappa shape index (κ1) is 23.9. The van der Waals surface area contributed by atoms with E-state index in [1.165, 1.54) is 5.56 Å². The van der Waals surface area contributed by atoms with Crippen molar-refractivity contribution in [3.8, 4) is 17.6 Å². The number of hydrogen-bond donors (Lipinski definition) is 0. The summed E-state index contributed by atoms with van der Waals surface area (Å²) >= 11 is 0. The normalized spacial score (nSPS) is 13.8. The summed E-state index contributed by atoms with van der Waals surface area (Å²) in [6.07, 6.45) is 1.61. The highest BCUT2D eigenvalue weighted by Crippen LogP contribution is 2.30. The summed E-state index contributed by atoms with van der Waals surface area (Å²) in [7, 11) is 1.57. The minimum atomic E-state index is -0.251. The molecular formula is C29H29N3O3. The van der Waals surface area contributed by atoms with Gasteiger partial charge in [0.25, 0.3) is 5.91 Å². The maximum Gasteiger partial charge on any atom is 0.264 e. The molecule has 0 aromatic heterocycles. The lowest BCUT2D eigenvalue weighted by molar-refractivity contribution is -0.126. The molecule has 35 heavy (non-hydrogen) atoms. The standard InChI is InChI=1S/C29H29N3O3/c1-22-8-10-23(11-9-22)21-35-27-13-12-24(19-28(27)34-2)18-25(20-30)29(33)32-16-14-31(15-17-32)26-6-4-3-5-7-26/h3-13,18-19H,14-17,21H2,1-2H3/b25-18-. The van der Waals surface area contributed by atoms with Crippen molar-refractivity contribution in [2.75, 3.05) is 38.2 Å². The van der Waals surface area contributed by atoms with E-state index in [0.29, 0.717) is 36.8 Å². The zero-order valence-electron chi connectivity index (χ0n) is 20.1. The number of piperazine rings is 1. The van der Waals surface area contributed by atoms with Gasteiger partial charge in [-0.1, -0.05) is 54.1 Å². The van der Waals surface area contributed by atoms with Gasteiger partial charge in [0, 0.05) is 31.9 Å². The predicted molar refractivity (Wildman–Crippen MR) is 137 cm³/mol. The SMILES string of the molecule is COc1cc(/C=C(/C#N)C(=O)N2CCN(c3ccccc3)CC2)ccc1OCc1ccc(C)cc1. The quantitative estimate of drug-likeness (QED) is 0.368. The minimum Gasteiger partial charge on any atom is -0.493 e. The van der Waals surface area contributed by atoms with Crippen LogP contribution >= 0.6 is 0 Å². The fourth-order valence-corrected chi connectivity index (χ4v) is 4.02. The van der Waals surface area contributed by atoms with Crippen LogP contribution in [0.5, 0.6) is 11.5 Å². The Kier molecular flexibility index (Phi) is 7.69. The Balaban J connectivity index is 1.42. The molecule has 3 aromatic carbocycles. The highest BCUT2D eigenvalue weighted by Gasteiger charge is 2.24. The number of rotatable bonds is 7. The summed E-state index contributed by atoms with van der Waals surface area (Å²) in [6, 6.07) is 25.8. The van der Waals surface area contributed by atoms with E-state index in [9.17, 15) is 10.1 Å². The zero-order chi connectivity index (χ0) is 24.6. The van der Waals surface area contributed by atoms with E-state index >= 15 is 0 Å². The van der Waals surface area contributed by atoms with Gasteiger partial charge in [0.15, 0.2) is 11.5 Å². The van der Waals surface area contributed by atoms with Crippen molar-refractivity contribution < 1.29 is 14.3 Å². The fraction of sp³-hybridized carbons (Fsp3) is 0.241. The summed E-state index contributed by atoms with van der Waals surface area (Å²) in [6.45, 7) is 5.07. The second kappa shape index (κ2) is 11.3. The van der Waals surface area contributed by atoms with Gasteiger partial charge in [-0.05, 0) is 48.4 Å². The third-order valence-electron chi connectivity index (χ3n) is 6.05. The van der Waals surface area contributed by atoms with Gasteiger partial charge in [-0.2, -0.15) is 5.26 Å². The van der Waals surface area contributed by atoms with E-state index in [1.54, 1.807) is 30.2 Å². The van der Waals surface area contributed by atoms with Gasteiger partial charge < -0.3 is 19.3 Å². The molecule has 0 atom stereocenters. The van der Waals surface area contributed by atoms with Gasteiger partial charge in [-0.15, -0.1) is 0 Å². The smallest absolute Gasteiger partial charge is 0.264 e. The Bertz CT molecular complexity index is 1220. The van der Waals surface area contributed by atoms with Gasteiger partial charge in [-0.3, -0.25) is 4.79 Å². The van der Waals surface area contributed by atoms with E-state index in [2.05, 4.69) is 23.1 Å². The van der Waals surface area contributed by atoms with Crippen LogP contribution in [0.4, 0.5) is 5.69 Å². The van der Waals surface area contributed by atoms with Crippen molar-refractivity contribution in [3.05, 3.63) is 95.1 Å². The number of amides is 1. The molecule has 4 rings (SSSR count). The maximum absolute atomic E-state index is 13.0. The van der Waals surface area contributed by atoms with Crippen LogP contribution in [-0.4, -0.2) is 44.1 Å². The third kappa shape index (κ3) is 6.01. The summed E-state index contributed by atoms with van der Waals surface area (Å²) in [4.78, 5) is 17.0. The van der Waals surface area contributed by atoms with Crippen LogP contribution in [0.3, 0.4) is 0 Å². The number of anilines is 1. The van der Waals surface area contributed by atoms with Crippen molar-refractivity contribution in [2.24, 2.45) is 0 Å². The molecule has 178 valence electrons. The van der Waals surface area contributed by atoms with E-state index < -0.39 is 0 Å². The molecule has 1 fully saturated rings. The highest BCUT2D eigenvalue weighted by atomic mass is 16.5. The van der Waals surface area contributed by atoms with Crippen molar-refractivity contribution in [1.29, 1.82) is 5.26 Å². The number of hydrogen-bond acceptors (Lipinski definition) is 5. The second-order valence-electron chi connectivity index (χ2n) is 8.47. The Labute approximate surface area is 206 Å². The van der Waals surface area contributed by atoms with Crippen LogP contribution in [0.2, 0.25) is 0 Å². The predicted octanol–water partition coefficient (Wildman–Crippen LogP) is 4.84. The van der Waals surface area contributed by atoms with Crippen molar-refractivity contribution in [2.45, 2.75) is 13.5 Å². The van der Waals surface area contributed by atoms with Gasteiger partial charge in [0.05, 0.1) is 7.11 Å². The third-order valence-corrected chi connectivity index (χ3v) is 6.05. The number of nitriles is 1. The second-order valence-corrected chi connectivity index (χ2v) is 8.47. The summed E-state index contributed by atoms with van der Waals surface area (Å²) in [5.41, 5.74) is 4.22. The minimum absolute atomic E-state index is 0.105. The van der Waals surface area contributed by atoms with Crippen LogP contribution in [0, 0.1) is 18.3 Å². The number of methoxy groups -OCH3 is 1. The topological polar surface area (TPSA) is 65.8 Å². The van der Waals surface area contributed by atoms with Crippen molar-refractivity contribution in [1.82, 2.24) is 4.90 Å². The Hall–Kier alpha value is -4.24. The zero-order valence-corrected chi connectivity index (χ0v) is 20.1. The molecule has 0 saturated carbocycles. The number of para-hydroxylation sites is 1. The maximum atomic E-state index is 13.0. The lowest BCUT2D eigenvalue weighted by atomic mass is 10.1. The molecular weight excluding hydrogens is 438 g/mol. The summed E-state index contributed by atoms with van der Waals surface area (Å²) in [5, 5.41) is 9.70.